The number of rotatable bonds is 1. The molecule has 0 unspecified atom stereocenters. The first-order valence-corrected chi connectivity index (χ1v) is 7.99. The molecule has 0 saturated carbocycles. The number of aliphatic hydroxyl groups is 2. The van der Waals surface area contributed by atoms with Gasteiger partial charge in [0.15, 0.2) is 0 Å². The van der Waals surface area contributed by atoms with E-state index < -0.39 is 12.2 Å². The van der Waals surface area contributed by atoms with Crippen molar-refractivity contribution in [1.29, 1.82) is 0 Å². The van der Waals surface area contributed by atoms with Crippen molar-refractivity contribution in [3.63, 3.8) is 0 Å². The molecule has 5 heteroatoms. The first-order valence-electron chi connectivity index (χ1n) is 7.99. The first-order chi connectivity index (χ1) is 12.1. The summed E-state index contributed by atoms with van der Waals surface area (Å²) in [6.45, 7) is 0. The Balaban J connectivity index is 2.02. The van der Waals surface area contributed by atoms with Crippen LogP contribution >= 0.6 is 0 Å². The van der Waals surface area contributed by atoms with Gasteiger partial charge in [0.05, 0.1) is 10.3 Å². The van der Waals surface area contributed by atoms with Crippen LogP contribution in [-0.2, 0) is 0 Å². The van der Waals surface area contributed by atoms with Gasteiger partial charge in [0, 0.05) is 11.5 Å². The standard InChI is InChI=1S/C20H13NO4/c22-17-8-6-12-13-4-1-10-3-7-16(21(24)25)14-5-2-11(19(13)18(10)14)9-15(12)20(17)23/h1-9,17,20,22-23H/t17-,20-/m0/s1. The summed E-state index contributed by atoms with van der Waals surface area (Å²) in [5, 5.41) is 36.8. The monoisotopic (exact) mass is 331 g/mol. The Morgan fingerprint density at radius 3 is 2.40 bits per heavy atom. The molecule has 1 aliphatic carbocycles. The molecule has 2 atom stereocenters. The van der Waals surface area contributed by atoms with Crippen molar-refractivity contribution < 1.29 is 15.1 Å². The Kier molecular flexibility index (Phi) is 2.72. The van der Waals surface area contributed by atoms with Crippen LogP contribution in [-0.4, -0.2) is 21.2 Å². The number of benzene rings is 4. The second kappa shape index (κ2) is 4.75. The van der Waals surface area contributed by atoms with Crippen molar-refractivity contribution in [3.8, 4) is 0 Å². The molecule has 0 amide bonds. The number of non-ortho nitro benzene ring substituents is 1. The van der Waals surface area contributed by atoms with Crippen LogP contribution in [0.25, 0.3) is 38.4 Å². The van der Waals surface area contributed by atoms with Crippen molar-refractivity contribution in [2.45, 2.75) is 12.2 Å². The van der Waals surface area contributed by atoms with Crippen LogP contribution in [0, 0.1) is 10.1 Å². The average Bonchev–Trinajstić information content (AvgIpc) is 2.62. The minimum absolute atomic E-state index is 0.0885. The van der Waals surface area contributed by atoms with E-state index in [-0.39, 0.29) is 10.6 Å². The lowest BCUT2D eigenvalue weighted by Gasteiger charge is -2.24. The Labute approximate surface area is 141 Å². The Morgan fingerprint density at radius 2 is 1.60 bits per heavy atom. The molecule has 0 aromatic heterocycles. The van der Waals surface area contributed by atoms with E-state index in [0.29, 0.717) is 10.9 Å². The zero-order valence-corrected chi connectivity index (χ0v) is 13.0. The highest BCUT2D eigenvalue weighted by Crippen LogP contribution is 2.43. The molecule has 0 saturated heterocycles. The summed E-state index contributed by atoms with van der Waals surface area (Å²) in [7, 11) is 0. The lowest BCUT2D eigenvalue weighted by molar-refractivity contribution is -0.383. The molecular formula is C20H13NO4. The van der Waals surface area contributed by atoms with E-state index in [2.05, 4.69) is 0 Å². The maximum Gasteiger partial charge on any atom is 0.277 e. The van der Waals surface area contributed by atoms with Crippen LogP contribution in [0.4, 0.5) is 5.69 Å². The minimum atomic E-state index is -0.976. The number of nitro benzene ring substituents is 1. The lowest BCUT2D eigenvalue weighted by Crippen LogP contribution is -2.19. The van der Waals surface area contributed by atoms with Gasteiger partial charge in [-0.25, -0.2) is 0 Å². The Bertz CT molecular complexity index is 1210. The highest BCUT2D eigenvalue weighted by atomic mass is 16.6. The molecule has 1 aliphatic rings. The summed E-state index contributed by atoms with van der Waals surface area (Å²) >= 11 is 0. The van der Waals surface area contributed by atoms with Gasteiger partial charge in [0.1, 0.15) is 12.2 Å². The fourth-order valence-electron chi connectivity index (χ4n) is 3.98. The number of fused-ring (bicyclic) bond motifs is 2. The number of nitro groups is 1. The van der Waals surface area contributed by atoms with Gasteiger partial charge in [-0.2, -0.15) is 0 Å². The second-order valence-electron chi connectivity index (χ2n) is 6.44. The van der Waals surface area contributed by atoms with Gasteiger partial charge in [-0.05, 0) is 50.9 Å². The molecule has 25 heavy (non-hydrogen) atoms. The molecule has 0 radical (unpaired) electrons. The SMILES string of the molecule is O=[N+]([O-])c1ccc2ccc3c4c(cc5ccc1c2c53)[C@H](O)[C@@H](O)C=C4. The summed E-state index contributed by atoms with van der Waals surface area (Å²) in [6.07, 6.45) is 1.48. The first kappa shape index (κ1) is 14.3. The van der Waals surface area contributed by atoms with Crippen LogP contribution in [0.15, 0.2) is 48.5 Å². The molecule has 4 aromatic carbocycles. The summed E-state index contributed by atoms with van der Waals surface area (Å²) in [5.74, 6) is 0. The summed E-state index contributed by atoms with van der Waals surface area (Å²) in [5.41, 5.74) is 1.62. The third-order valence-corrected chi connectivity index (χ3v) is 5.13. The van der Waals surface area contributed by atoms with Crippen LogP contribution in [0.5, 0.6) is 0 Å². The largest absolute Gasteiger partial charge is 0.386 e. The van der Waals surface area contributed by atoms with Crippen molar-refractivity contribution >= 4 is 44.1 Å². The van der Waals surface area contributed by atoms with E-state index in [9.17, 15) is 20.3 Å². The Hall–Kier alpha value is -3.02. The van der Waals surface area contributed by atoms with Gasteiger partial charge in [0.2, 0.25) is 0 Å². The van der Waals surface area contributed by atoms with E-state index >= 15 is 0 Å². The van der Waals surface area contributed by atoms with E-state index in [1.54, 1.807) is 18.2 Å². The van der Waals surface area contributed by atoms with Crippen molar-refractivity contribution in [2.75, 3.05) is 0 Å². The molecule has 2 N–H and O–H groups in total. The number of hydrogen-bond acceptors (Lipinski definition) is 4. The Morgan fingerprint density at radius 1 is 0.920 bits per heavy atom. The molecule has 122 valence electrons. The smallest absolute Gasteiger partial charge is 0.277 e. The molecule has 5 nitrogen and oxygen atoms in total. The zero-order chi connectivity index (χ0) is 17.3. The molecule has 0 spiro atoms. The van der Waals surface area contributed by atoms with E-state index in [1.807, 2.05) is 30.3 Å². The maximum atomic E-state index is 11.4. The van der Waals surface area contributed by atoms with Gasteiger partial charge in [0.25, 0.3) is 5.69 Å². The molecule has 5 rings (SSSR count). The zero-order valence-electron chi connectivity index (χ0n) is 13.0. The van der Waals surface area contributed by atoms with Gasteiger partial charge >= 0.3 is 0 Å². The van der Waals surface area contributed by atoms with Gasteiger partial charge < -0.3 is 10.2 Å². The summed E-state index contributed by atoms with van der Waals surface area (Å²) in [4.78, 5) is 11.0. The fourth-order valence-corrected chi connectivity index (χ4v) is 3.98. The maximum absolute atomic E-state index is 11.4. The number of aliphatic hydroxyl groups excluding tert-OH is 2. The van der Waals surface area contributed by atoms with Gasteiger partial charge in [-0.1, -0.05) is 30.4 Å². The molecule has 0 heterocycles. The topological polar surface area (TPSA) is 83.6 Å². The van der Waals surface area contributed by atoms with Crippen LogP contribution in [0.1, 0.15) is 17.2 Å². The normalized spacial score (nSPS) is 19.8. The fraction of sp³-hybridized carbons (Fsp3) is 0.100. The lowest BCUT2D eigenvalue weighted by atomic mass is 9.84. The summed E-state index contributed by atoms with van der Waals surface area (Å²) < 4.78 is 0. The molecule has 0 fully saturated rings. The number of hydrogen-bond donors (Lipinski definition) is 2. The third-order valence-electron chi connectivity index (χ3n) is 5.13. The third kappa shape index (κ3) is 1.79. The predicted octanol–water partition coefficient (Wildman–Crippen LogP) is 3.91. The van der Waals surface area contributed by atoms with Crippen molar-refractivity contribution in [3.05, 3.63) is 69.8 Å². The summed E-state index contributed by atoms with van der Waals surface area (Å²) in [6, 6.07) is 12.7. The van der Waals surface area contributed by atoms with E-state index in [1.165, 1.54) is 6.07 Å². The van der Waals surface area contributed by atoms with Gasteiger partial charge in [-0.15, -0.1) is 0 Å². The van der Waals surface area contributed by atoms with E-state index in [0.717, 1.165) is 32.5 Å². The van der Waals surface area contributed by atoms with Crippen LogP contribution < -0.4 is 0 Å². The highest BCUT2D eigenvalue weighted by Gasteiger charge is 2.26. The quantitative estimate of drug-likeness (QED) is 0.315. The van der Waals surface area contributed by atoms with Crippen molar-refractivity contribution in [1.82, 2.24) is 0 Å². The molecule has 4 aromatic rings. The average molecular weight is 331 g/mol. The molecular weight excluding hydrogens is 318 g/mol. The molecule has 0 bridgehead atoms. The van der Waals surface area contributed by atoms with Crippen LogP contribution in [0.3, 0.4) is 0 Å². The highest BCUT2D eigenvalue weighted by molar-refractivity contribution is 6.26. The number of nitrogens with zero attached hydrogens (tertiary/aromatic N) is 1. The predicted molar refractivity (Wildman–Crippen MR) is 96.8 cm³/mol. The van der Waals surface area contributed by atoms with Crippen molar-refractivity contribution in [2.24, 2.45) is 0 Å². The molecule has 0 aliphatic heterocycles. The van der Waals surface area contributed by atoms with E-state index in [4.69, 9.17) is 0 Å². The second-order valence-corrected chi connectivity index (χ2v) is 6.44. The van der Waals surface area contributed by atoms with Crippen LogP contribution in [0.2, 0.25) is 0 Å². The minimum Gasteiger partial charge on any atom is -0.386 e. The van der Waals surface area contributed by atoms with Gasteiger partial charge in [-0.3, -0.25) is 10.1 Å².